The second-order valence-electron chi connectivity index (χ2n) is 2.08. The second-order valence-corrected chi connectivity index (χ2v) is 2.52. The third-order valence-electron chi connectivity index (χ3n) is 1.30. The van der Waals surface area contributed by atoms with Crippen molar-refractivity contribution in [3.63, 3.8) is 0 Å². The third kappa shape index (κ3) is 2.01. The number of hydrogen-bond donors (Lipinski definition) is 0. The topological polar surface area (TPSA) is 19.9 Å². The highest BCUT2D eigenvalue weighted by Crippen LogP contribution is 2.09. The predicted octanol–water partition coefficient (Wildman–Crippen LogP) is 2.31. The van der Waals surface area contributed by atoms with E-state index >= 15 is 0 Å². The van der Waals surface area contributed by atoms with Crippen molar-refractivity contribution in [2.24, 2.45) is 0 Å². The maximum Gasteiger partial charge on any atom is 0.0862 e. The van der Waals surface area contributed by atoms with Gasteiger partial charge in [-0.05, 0) is 24.1 Å². The highest BCUT2D eigenvalue weighted by Gasteiger charge is 1.90. The van der Waals surface area contributed by atoms with Crippen molar-refractivity contribution < 1.29 is 5.11 Å². The standard InChI is InChI=1S/C8H8ClO/c9-8-3-1-7(2-4-8)5-6-10/h1-4H,5-6H2. The Morgan fingerprint density at radius 3 is 2.30 bits per heavy atom. The molecule has 0 aliphatic rings. The minimum absolute atomic E-state index is 0.0539. The third-order valence-corrected chi connectivity index (χ3v) is 1.56. The van der Waals surface area contributed by atoms with E-state index in [4.69, 9.17) is 11.6 Å². The molecule has 1 aromatic rings. The Morgan fingerprint density at radius 2 is 1.80 bits per heavy atom. The van der Waals surface area contributed by atoms with E-state index < -0.39 is 0 Å². The SMILES string of the molecule is [O]CCc1ccc(Cl)cc1. The van der Waals surface area contributed by atoms with Gasteiger partial charge in [0.1, 0.15) is 0 Å². The molecule has 1 aromatic carbocycles. The quantitative estimate of drug-likeness (QED) is 0.625. The van der Waals surface area contributed by atoms with Crippen LogP contribution in [-0.2, 0) is 11.5 Å². The molecule has 0 heterocycles. The Hall–Kier alpha value is -0.530. The van der Waals surface area contributed by atoms with Crippen LogP contribution in [0.15, 0.2) is 24.3 Å². The van der Waals surface area contributed by atoms with Crippen LogP contribution in [0.1, 0.15) is 5.56 Å². The Labute approximate surface area is 65.3 Å². The lowest BCUT2D eigenvalue weighted by molar-refractivity contribution is 0.197. The molecule has 0 aliphatic carbocycles. The summed E-state index contributed by atoms with van der Waals surface area (Å²) in [7, 11) is 0. The summed E-state index contributed by atoms with van der Waals surface area (Å²) in [6.45, 7) is -0.0539. The van der Waals surface area contributed by atoms with Crippen molar-refractivity contribution in [3.05, 3.63) is 34.9 Å². The van der Waals surface area contributed by atoms with E-state index in [1.165, 1.54) is 0 Å². The van der Waals surface area contributed by atoms with Crippen molar-refractivity contribution in [2.45, 2.75) is 6.42 Å². The molecule has 2 heteroatoms. The van der Waals surface area contributed by atoms with E-state index in [0.29, 0.717) is 6.42 Å². The number of halogens is 1. The van der Waals surface area contributed by atoms with E-state index in [1.54, 1.807) is 12.1 Å². The van der Waals surface area contributed by atoms with Crippen molar-refractivity contribution >= 4 is 11.6 Å². The molecule has 10 heavy (non-hydrogen) atoms. The molecule has 1 nitrogen and oxygen atoms in total. The molecular weight excluding hydrogens is 148 g/mol. The molecule has 0 bridgehead atoms. The smallest absolute Gasteiger partial charge is 0.0862 e. The minimum atomic E-state index is -0.0539. The summed E-state index contributed by atoms with van der Waals surface area (Å²) in [5, 5.41) is 10.9. The van der Waals surface area contributed by atoms with Crippen molar-refractivity contribution in [2.75, 3.05) is 6.61 Å². The van der Waals surface area contributed by atoms with Crippen molar-refractivity contribution in [1.29, 1.82) is 0 Å². The fourth-order valence-corrected chi connectivity index (χ4v) is 0.895. The van der Waals surface area contributed by atoms with E-state index in [1.807, 2.05) is 12.1 Å². The van der Waals surface area contributed by atoms with Gasteiger partial charge in [0.15, 0.2) is 0 Å². The van der Waals surface area contributed by atoms with Gasteiger partial charge in [-0.2, -0.15) is 0 Å². The first-order chi connectivity index (χ1) is 4.83. The van der Waals surface area contributed by atoms with Crippen LogP contribution in [0.5, 0.6) is 0 Å². The van der Waals surface area contributed by atoms with Gasteiger partial charge in [-0.15, -0.1) is 0 Å². The lowest BCUT2D eigenvalue weighted by Crippen LogP contribution is -1.87. The molecule has 0 saturated heterocycles. The number of rotatable bonds is 2. The molecule has 0 saturated carbocycles. The fourth-order valence-electron chi connectivity index (χ4n) is 0.769. The Bertz CT molecular complexity index is 193. The molecule has 0 N–H and O–H groups in total. The van der Waals surface area contributed by atoms with E-state index in [0.717, 1.165) is 10.6 Å². The molecular formula is C8H8ClO. The maximum atomic E-state index is 10.2. The van der Waals surface area contributed by atoms with Crippen molar-refractivity contribution in [3.8, 4) is 0 Å². The van der Waals surface area contributed by atoms with E-state index in [2.05, 4.69) is 0 Å². The number of benzene rings is 1. The summed E-state index contributed by atoms with van der Waals surface area (Å²) in [4.78, 5) is 0. The number of hydrogen-bond acceptors (Lipinski definition) is 0. The van der Waals surface area contributed by atoms with E-state index in [9.17, 15) is 5.11 Å². The predicted molar refractivity (Wildman–Crippen MR) is 40.7 cm³/mol. The highest BCUT2D eigenvalue weighted by molar-refractivity contribution is 6.30. The van der Waals surface area contributed by atoms with Crippen LogP contribution in [-0.4, -0.2) is 6.61 Å². The van der Waals surface area contributed by atoms with Gasteiger partial charge in [0.05, 0.1) is 6.61 Å². The van der Waals surface area contributed by atoms with Crippen LogP contribution >= 0.6 is 11.6 Å². The monoisotopic (exact) mass is 155 g/mol. The van der Waals surface area contributed by atoms with Gasteiger partial charge >= 0.3 is 0 Å². The van der Waals surface area contributed by atoms with Crippen LogP contribution in [0.3, 0.4) is 0 Å². The molecule has 0 aromatic heterocycles. The largest absolute Gasteiger partial charge is 0.236 e. The van der Waals surface area contributed by atoms with Crippen molar-refractivity contribution in [1.82, 2.24) is 0 Å². The average molecular weight is 156 g/mol. The molecule has 0 fully saturated rings. The van der Waals surface area contributed by atoms with Gasteiger partial charge in [-0.3, -0.25) is 0 Å². The lowest BCUT2D eigenvalue weighted by atomic mass is 10.2. The van der Waals surface area contributed by atoms with Gasteiger partial charge < -0.3 is 0 Å². The summed E-state index contributed by atoms with van der Waals surface area (Å²) < 4.78 is 0. The second kappa shape index (κ2) is 3.59. The zero-order chi connectivity index (χ0) is 7.40. The Morgan fingerprint density at radius 1 is 1.20 bits per heavy atom. The molecule has 1 rings (SSSR count). The van der Waals surface area contributed by atoms with Gasteiger partial charge in [-0.1, -0.05) is 23.7 Å². The van der Waals surface area contributed by atoms with Gasteiger partial charge in [-0.25, -0.2) is 5.11 Å². The molecule has 0 atom stereocenters. The molecule has 0 amide bonds. The summed E-state index contributed by atoms with van der Waals surface area (Å²) >= 11 is 5.63. The Balaban J connectivity index is 2.69. The molecule has 0 unspecified atom stereocenters. The lowest BCUT2D eigenvalue weighted by Gasteiger charge is -1.94. The van der Waals surface area contributed by atoms with Gasteiger partial charge in [0, 0.05) is 5.02 Å². The van der Waals surface area contributed by atoms with Crippen LogP contribution in [0, 0.1) is 0 Å². The first kappa shape index (κ1) is 7.58. The minimum Gasteiger partial charge on any atom is -0.236 e. The average Bonchev–Trinajstić information content (AvgIpc) is 1.95. The van der Waals surface area contributed by atoms with Crippen LogP contribution < -0.4 is 0 Å². The molecule has 0 aliphatic heterocycles. The van der Waals surface area contributed by atoms with Crippen LogP contribution in [0.2, 0.25) is 5.02 Å². The molecule has 0 spiro atoms. The zero-order valence-corrected chi connectivity index (χ0v) is 6.27. The maximum absolute atomic E-state index is 10.2. The van der Waals surface area contributed by atoms with E-state index in [-0.39, 0.29) is 6.61 Å². The van der Waals surface area contributed by atoms with Gasteiger partial charge in [0.25, 0.3) is 0 Å². The molecule has 53 valence electrons. The highest BCUT2D eigenvalue weighted by atomic mass is 35.5. The summed E-state index contributed by atoms with van der Waals surface area (Å²) in [5.41, 5.74) is 1.06. The molecule has 1 radical (unpaired) electrons. The first-order valence-electron chi connectivity index (χ1n) is 3.15. The Kier molecular flexibility index (Phi) is 2.72. The van der Waals surface area contributed by atoms with Crippen LogP contribution in [0.4, 0.5) is 0 Å². The fraction of sp³-hybridized carbons (Fsp3) is 0.250. The first-order valence-corrected chi connectivity index (χ1v) is 3.53. The summed E-state index contributed by atoms with van der Waals surface area (Å²) in [6.07, 6.45) is 0.594. The summed E-state index contributed by atoms with van der Waals surface area (Å²) in [5.74, 6) is 0. The summed E-state index contributed by atoms with van der Waals surface area (Å²) in [6, 6.07) is 7.35. The zero-order valence-electron chi connectivity index (χ0n) is 5.51. The normalized spacial score (nSPS) is 9.80. The van der Waals surface area contributed by atoms with Crippen LogP contribution in [0.25, 0.3) is 0 Å². The van der Waals surface area contributed by atoms with Gasteiger partial charge in [0.2, 0.25) is 0 Å².